The van der Waals surface area contributed by atoms with Gasteiger partial charge < -0.3 is 14.8 Å². The first-order chi connectivity index (χ1) is 13.5. The number of benzene rings is 1. The Kier molecular flexibility index (Phi) is 6.74. The standard InChI is InChI=1S/C18H19Br2N5O3/c1-3-27-13-6-5-11(7-14(13)28-4-2)9-25-10-12(8-21-25)22-18(26)16-15(19)17(20)24-23-16/h5-8,10H,3-4,9H2,1-2H3,(H,22,26)(H,23,24). The lowest BCUT2D eigenvalue weighted by molar-refractivity contribution is 0.102. The normalized spacial score (nSPS) is 10.7. The molecule has 3 rings (SSSR count). The van der Waals surface area contributed by atoms with Crippen LogP contribution in [0.3, 0.4) is 0 Å². The van der Waals surface area contributed by atoms with Gasteiger partial charge in [-0.1, -0.05) is 6.07 Å². The number of rotatable bonds is 8. The maximum Gasteiger partial charge on any atom is 0.277 e. The number of hydrogen-bond acceptors (Lipinski definition) is 5. The first-order valence-corrected chi connectivity index (χ1v) is 10.2. The van der Waals surface area contributed by atoms with E-state index < -0.39 is 0 Å². The average Bonchev–Trinajstić information content (AvgIpc) is 3.24. The maximum absolute atomic E-state index is 12.3. The number of nitrogens with zero attached hydrogens (tertiary/aromatic N) is 3. The molecule has 0 saturated heterocycles. The monoisotopic (exact) mass is 511 g/mol. The van der Waals surface area contributed by atoms with E-state index in [1.165, 1.54) is 0 Å². The van der Waals surface area contributed by atoms with E-state index in [-0.39, 0.29) is 11.6 Å². The Bertz CT molecular complexity index is 970. The molecule has 2 heterocycles. The smallest absolute Gasteiger partial charge is 0.277 e. The van der Waals surface area contributed by atoms with Crippen LogP contribution < -0.4 is 14.8 Å². The topological polar surface area (TPSA) is 94.1 Å². The predicted octanol–water partition coefficient (Wildman–Crippen LogP) is 4.23. The molecule has 1 aromatic carbocycles. The molecule has 0 aliphatic heterocycles. The summed E-state index contributed by atoms with van der Waals surface area (Å²) in [7, 11) is 0. The highest BCUT2D eigenvalue weighted by Crippen LogP contribution is 2.29. The molecule has 0 radical (unpaired) electrons. The molecule has 0 aliphatic carbocycles. The van der Waals surface area contributed by atoms with Gasteiger partial charge in [-0.05, 0) is 63.4 Å². The van der Waals surface area contributed by atoms with E-state index in [2.05, 4.69) is 52.5 Å². The average molecular weight is 513 g/mol. The second-order valence-corrected chi connectivity index (χ2v) is 7.31. The van der Waals surface area contributed by atoms with E-state index in [0.29, 0.717) is 40.3 Å². The van der Waals surface area contributed by atoms with Gasteiger partial charge in [0.1, 0.15) is 4.60 Å². The van der Waals surface area contributed by atoms with Gasteiger partial charge in [0.25, 0.3) is 5.91 Å². The molecular weight excluding hydrogens is 494 g/mol. The summed E-state index contributed by atoms with van der Waals surface area (Å²) in [6.07, 6.45) is 3.34. The van der Waals surface area contributed by atoms with Crippen LogP contribution in [0.4, 0.5) is 5.69 Å². The van der Waals surface area contributed by atoms with Gasteiger partial charge in [-0.15, -0.1) is 0 Å². The van der Waals surface area contributed by atoms with Gasteiger partial charge in [-0.3, -0.25) is 14.6 Å². The highest BCUT2D eigenvalue weighted by Gasteiger charge is 2.17. The van der Waals surface area contributed by atoms with Gasteiger partial charge in [-0.25, -0.2) is 0 Å². The molecule has 2 aromatic heterocycles. The summed E-state index contributed by atoms with van der Waals surface area (Å²) in [5, 5.41) is 13.7. The number of carbonyl (C=O) groups is 1. The number of aromatic nitrogens is 4. The highest BCUT2D eigenvalue weighted by atomic mass is 79.9. The first kappa shape index (κ1) is 20.4. The summed E-state index contributed by atoms with van der Waals surface area (Å²) in [6.45, 7) is 5.52. The molecule has 0 unspecified atom stereocenters. The zero-order chi connectivity index (χ0) is 20.1. The molecule has 0 bridgehead atoms. The molecular formula is C18H19Br2N5O3. The molecule has 1 amide bonds. The van der Waals surface area contributed by atoms with Gasteiger partial charge in [0, 0.05) is 6.20 Å². The van der Waals surface area contributed by atoms with Crippen molar-refractivity contribution in [2.45, 2.75) is 20.4 Å². The Morgan fingerprint density at radius 2 is 1.96 bits per heavy atom. The molecule has 2 N–H and O–H groups in total. The number of ether oxygens (including phenoxy) is 2. The number of hydrogen-bond donors (Lipinski definition) is 2. The zero-order valence-corrected chi connectivity index (χ0v) is 18.5. The lowest BCUT2D eigenvalue weighted by atomic mass is 10.2. The number of aromatic amines is 1. The van der Waals surface area contributed by atoms with Crippen LogP contribution in [0.1, 0.15) is 29.9 Å². The van der Waals surface area contributed by atoms with Gasteiger partial charge >= 0.3 is 0 Å². The Balaban J connectivity index is 1.69. The highest BCUT2D eigenvalue weighted by molar-refractivity contribution is 9.13. The van der Waals surface area contributed by atoms with Crippen molar-refractivity contribution < 1.29 is 14.3 Å². The van der Waals surface area contributed by atoms with Crippen molar-refractivity contribution in [2.75, 3.05) is 18.5 Å². The number of carbonyl (C=O) groups excluding carboxylic acids is 1. The second-order valence-electron chi connectivity index (χ2n) is 5.73. The molecule has 148 valence electrons. The van der Waals surface area contributed by atoms with Crippen LogP contribution >= 0.6 is 31.9 Å². The van der Waals surface area contributed by atoms with Gasteiger partial charge in [0.15, 0.2) is 17.2 Å². The van der Waals surface area contributed by atoms with Crippen LogP contribution in [0.2, 0.25) is 0 Å². The summed E-state index contributed by atoms with van der Waals surface area (Å²) < 4.78 is 14.1. The van der Waals surface area contributed by atoms with Crippen LogP contribution in [-0.2, 0) is 6.54 Å². The number of H-pyrrole nitrogens is 1. The molecule has 0 aliphatic rings. The fourth-order valence-corrected chi connectivity index (χ4v) is 3.18. The fraction of sp³-hybridized carbons (Fsp3) is 0.278. The second kappa shape index (κ2) is 9.24. The summed E-state index contributed by atoms with van der Waals surface area (Å²) in [5.41, 5.74) is 1.84. The number of nitrogens with one attached hydrogen (secondary N) is 2. The van der Waals surface area contributed by atoms with Crippen LogP contribution in [0.15, 0.2) is 39.7 Å². The summed E-state index contributed by atoms with van der Waals surface area (Å²) >= 11 is 6.57. The third-order valence-electron chi connectivity index (χ3n) is 3.73. The molecule has 8 nitrogen and oxygen atoms in total. The molecule has 28 heavy (non-hydrogen) atoms. The minimum Gasteiger partial charge on any atom is -0.490 e. The van der Waals surface area contributed by atoms with Crippen molar-refractivity contribution in [3.63, 3.8) is 0 Å². The van der Waals surface area contributed by atoms with Crippen molar-refractivity contribution >= 4 is 43.5 Å². The van der Waals surface area contributed by atoms with Crippen molar-refractivity contribution in [1.29, 1.82) is 0 Å². The number of anilines is 1. The van der Waals surface area contributed by atoms with Crippen molar-refractivity contribution in [2.24, 2.45) is 0 Å². The zero-order valence-electron chi connectivity index (χ0n) is 15.3. The predicted molar refractivity (Wildman–Crippen MR) is 112 cm³/mol. The number of halogens is 2. The van der Waals surface area contributed by atoms with Crippen molar-refractivity contribution in [3.05, 3.63) is 50.9 Å². The van der Waals surface area contributed by atoms with Gasteiger partial charge in [0.05, 0.1) is 36.1 Å². The maximum atomic E-state index is 12.3. The number of amides is 1. The van der Waals surface area contributed by atoms with E-state index >= 15 is 0 Å². The third-order valence-corrected chi connectivity index (χ3v) is 5.60. The van der Waals surface area contributed by atoms with E-state index in [4.69, 9.17) is 9.47 Å². The summed E-state index contributed by atoms with van der Waals surface area (Å²) in [4.78, 5) is 12.3. The Hall–Kier alpha value is -2.33. The summed E-state index contributed by atoms with van der Waals surface area (Å²) in [5.74, 6) is 1.09. The minimum atomic E-state index is -0.340. The lowest BCUT2D eigenvalue weighted by Crippen LogP contribution is -2.12. The van der Waals surface area contributed by atoms with E-state index in [9.17, 15) is 4.79 Å². The Labute approximate surface area is 178 Å². The molecule has 0 atom stereocenters. The molecule has 0 saturated carbocycles. The summed E-state index contributed by atoms with van der Waals surface area (Å²) in [6, 6.07) is 5.79. The van der Waals surface area contributed by atoms with Gasteiger partial charge in [0.2, 0.25) is 0 Å². The van der Waals surface area contributed by atoms with E-state index in [0.717, 1.165) is 11.3 Å². The molecule has 3 aromatic rings. The SMILES string of the molecule is CCOc1ccc(Cn2cc(NC(=O)c3n[nH]c(Br)c3Br)cn2)cc1OCC. The van der Waals surface area contributed by atoms with E-state index in [1.807, 2.05) is 32.0 Å². The van der Waals surface area contributed by atoms with Gasteiger partial charge in [-0.2, -0.15) is 10.2 Å². The lowest BCUT2D eigenvalue weighted by Gasteiger charge is -2.12. The fourth-order valence-electron chi connectivity index (χ4n) is 2.54. The van der Waals surface area contributed by atoms with Crippen LogP contribution in [0, 0.1) is 0 Å². The molecule has 0 fully saturated rings. The van der Waals surface area contributed by atoms with E-state index in [1.54, 1.807) is 17.1 Å². The quantitative estimate of drug-likeness (QED) is 0.471. The molecule has 10 heteroatoms. The Morgan fingerprint density at radius 3 is 2.64 bits per heavy atom. The molecule has 0 spiro atoms. The largest absolute Gasteiger partial charge is 0.490 e. The van der Waals surface area contributed by atoms with Crippen LogP contribution in [0.5, 0.6) is 11.5 Å². The minimum absolute atomic E-state index is 0.257. The third kappa shape index (κ3) is 4.74. The van der Waals surface area contributed by atoms with Crippen molar-refractivity contribution in [1.82, 2.24) is 20.0 Å². The van der Waals surface area contributed by atoms with Crippen LogP contribution in [0.25, 0.3) is 0 Å². The van der Waals surface area contributed by atoms with Crippen LogP contribution in [-0.4, -0.2) is 39.1 Å². The first-order valence-electron chi connectivity index (χ1n) is 8.63. The van der Waals surface area contributed by atoms with Crippen molar-refractivity contribution in [3.8, 4) is 11.5 Å². The Morgan fingerprint density at radius 1 is 1.21 bits per heavy atom.